The molecule has 3 unspecified atom stereocenters. The van der Waals surface area contributed by atoms with Gasteiger partial charge in [0.05, 0.1) is 26.9 Å². The number of aliphatic hydroxyl groups is 1. The maximum atomic E-state index is 13.5. The molecule has 0 saturated carbocycles. The molecule has 3 atom stereocenters. The Morgan fingerprint density at radius 3 is 2.52 bits per heavy atom. The molecule has 2 aromatic rings. The summed E-state index contributed by atoms with van der Waals surface area (Å²) in [6, 6.07) is 11.0. The number of benzene rings is 2. The fraction of sp³-hybridized carbons (Fsp3) is 0.360. The van der Waals surface area contributed by atoms with Crippen molar-refractivity contribution in [2.75, 3.05) is 20.8 Å². The summed E-state index contributed by atoms with van der Waals surface area (Å²) < 4.78 is 16.7. The zero-order valence-corrected chi connectivity index (χ0v) is 19.4. The molecule has 0 aromatic heterocycles. The molecule has 174 valence electrons. The number of Topliss-reactive ketones (excluding diaryl/α,β-unsaturated/α-hetero) is 1. The molecule has 0 saturated heterocycles. The van der Waals surface area contributed by atoms with E-state index in [1.54, 1.807) is 6.92 Å². The number of carbonyl (C=O) groups excluding carboxylic acids is 2. The molecule has 4 rings (SSSR count). The molecular weight excluding hydrogens is 446 g/mol. The van der Waals surface area contributed by atoms with Crippen molar-refractivity contribution >= 4 is 23.2 Å². The Morgan fingerprint density at radius 1 is 1.21 bits per heavy atom. The van der Waals surface area contributed by atoms with E-state index in [0.29, 0.717) is 18.5 Å². The van der Waals surface area contributed by atoms with Crippen molar-refractivity contribution in [1.82, 2.24) is 5.32 Å². The summed E-state index contributed by atoms with van der Waals surface area (Å²) in [6.07, 6.45) is 2.37. The monoisotopic (exact) mass is 471 g/mol. The van der Waals surface area contributed by atoms with E-state index in [1.165, 1.54) is 26.4 Å². The molecule has 1 heterocycles. The fourth-order valence-electron chi connectivity index (χ4n) is 4.55. The number of halogens is 1. The third-order valence-electron chi connectivity index (χ3n) is 6.24. The highest BCUT2D eigenvalue weighted by Gasteiger charge is 2.60. The number of ether oxygens (including phenoxy) is 3. The third kappa shape index (κ3) is 3.85. The van der Waals surface area contributed by atoms with Gasteiger partial charge < -0.3 is 24.6 Å². The van der Waals surface area contributed by atoms with Gasteiger partial charge in [0.25, 0.3) is 0 Å². The highest BCUT2D eigenvalue weighted by molar-refractivity contribution is 6.36. The lowest BCUT2D eigenvalue weighted by Crippen LogP contribution is -2.56. The second-order valence-electron chi connectivity index (χ2n) is 8.32. The van der Waals surface area contributed by atoms with Crippen molar-refractivity contribution in [2.45, 2.75) is 31.4 Å². The van der Waals surface area contributed by atoms with E-state index in [1.807, 2.05) is 30.3 Å². The number of carbonyl (C=O) groups is 2. The van der Waals surface area contributed by atoms with Crippen LogP contribution in [-0.4, -0.2) is 49.1 Å². The maximum absolute atomic E-state index is 13.5. The van der Waals surface area contributed by atoms with Crippen LogP contribution < -0.4 is 19.5 Å². The Bertz CT molecular complexity index is 1120. The van der Waals surface area contributed by atoms with E-state index in [-0.39, 0.29) is 40.5 Å². The molecule has 2 aliphatic rings. The Morgan fingerprint density at radius 2 is 1.91 bits per heavy atom. The van der Waals surface area contributed by atoms with E-state index in [0.717, 1.165) is 5.56 Å². The quantitative estimate of drug-likeness (QED) is 0.598. The average molecular weight is 472 g/mol. The molecule has 1 aliphatic carbocycles. The van der Waals surface area contributed by atoms with Gasteiger partial charge in [-0.15, -0.1) is 0 Å². The SMILES string of the molecule is COc1cc(OC)c2c(c1Cl)OC1(C(=O)C=C(NC(CO)Cc3ccccc3)CC1C)C2=O. The Hall–Kier alpha value is -3.03. The summed E-state index contributed by atoms with van der Waals surface area (Å²) in [5.74, 6) is -0.810. The highest BCUT2D eigenvalue weighted by atomic mass is 35.5. The first kappa shape index (κ1) is 23.1. The number of methoxy groups -OCH3 is 2. The van der Waals surface area contributed by atoms with Crippen LogP contribution in [0.3, 0.4) is 0 Å². The Balaban J connectivity index is 1.62. The largest absolute Gasteiger partial charge is 0.496 e. The molecule has 0 amide bonds. The fourth-order valence-corrected chi connectivity index (χ4v) is 4.82. The molecule has 33 heavy (non-hydrogen) atoms. The smallest absolute Gasteiger partial charge is 0.236 e. The van der Waals surface area contributed by atoms with Crippen LogP contribution in [0, 0.1) is 5.92 Å². The van der Waals surface area contributed by atoms with Gasteiger partial charge in [-0.3, -0.25) is 9.59 Å². The molecule has 1 aliphatic heterocycles. The van der Waals surface area contributed by atoms with E-state index in [2.05, 4.69) is 5.32 Å². The summed E-state index contributed by atoms with van der Waals surface area (Å²) in [5.41, 5.74) is 0.142. The predicted octanol–water partition coefficient (Wildman–Crippen LogP) is 3.36. The van der Waals surface area contributed by atoms with Crippen LogP contribution in [0.2, 0.25) is 5.02 Å². The Labute approximate surface area is 197 Å². The van der Waals surface area contributed by atoms with Crippen LogP contribution in [-0.2, 0) is 11.2 Å². The van der Waals surface area contributed by atoms with Gasteiger partial charge in [-0.25, -0.2) is 0 Å². The molecule has 0 bridgehead atoms. The number of nitrogens with one attached hydrogen (secondary N) is 1. The lowest BCUT2D eigenvalue weighted by molar-refractivity contribution is -0.129. The molecule has 0 radical (unpaired) electrons. The van der Waals surface area contributed by atoms with Gasteiger partial charge in [0, 0.05) is 23.8 Å². The van der Waals surface area contributed by atoms with Gasteiger partial charge in [0.2, 0.25) is 17.2 Å². The van der Waals surface area contributed by atoms with Crippen LogP contribution in [0.5, 0.6) is 17.2 Å². The van der Waals surface area contributed by atoms with Crippen LogP contribution in [0.25, 0.3) is 0 Å². The summed E-state index contributed by atoms with van der Waals surface area (Å²) in [5, 5.41) is 13.2. The summed E-state index contributed by atoms with van der Waals surface area (Å²) >= 11 is 6.42. The zero-order chi connectivity index (χ0) is 23.8. The first-order chi connectivity index (χ1) is 15.8. The second kappa shape index (κ2) is 9.08. The average Bonchev–Trinajstić information content (AvgIpc) is 3.13. The molecule has 1 spiro atoms. The number of fused-ring (bicyclic) bond motifs is 1. The number of hydrogen-bond donors (Lipinski definition) is 2. The summed E-state index contributed by atoms with van der Waals surface area (Å²) in [4.78, 5) is 26.9. The van der Waals surface area contributed by atoms with Gasteiger partial charge in [-0.05, 0) is 18.4 Å². The van der Waals surface area contributed by atoms with Crippen molar-refractivity contribution in [3.63, 3.8) is 0 Å². The maximum Gasteiger partial charge on any atom is 0.236 e. The molecule has 8 heteroatoms. The highest BCUT2D eigenvalue weighted by Crippen LogP contribution is 2.52. The van der Waals surface area contributed by atoms with Crippen molar-refractivity contribution < 1.29 is 28.9 Å². The molecule has 0 fully saturated rings. The predicted molar refractivity (Wildman–Crippen MR) is 123 cm³/mol. The normalized spacial score (nSPS) is 22.5. The van der Waals surface area contributed by atoms with Crippen molar-refractivity contribution in [3.05, 3.63) is 64.3 Å². The number of aliphatic hydroxyl groups excluding tert-OH is 1. The van der Waals surface area contributed by atoms with Crippen LogP contribution in [0.4, 0.5) is 0 Å². The number of ketones is 2. The van der Waals surface area contributed by atoms with Gasteiger partial charge in [-0.1, -0.05) is 48.9 Å². The lowest BCUT2D eigenvalue weighted by atomic mass is 9.74. The first-order valence-corrected chi connectivity index (χ1v) is 11.1. The van der Waals surface area contributed by atoms with Crippen LogP contribution in [0.15, 0.2) is 48.2 Å². The zero-order valence-electron chi connectivity index (χ0n) is 18.7. The molecule has 2 aromatic carbocycles. The standard InChI is InChI=1S/C25H26ClNO6/c1-14-9-16(27-17(13-28)10-15-7-5-4-6-8-15)11-20(29)25(14)24(30)21-18(31-2)12-19(32-3)22(26)23(21)33-25/h4-8,11-12,14,17,27-28H,9-10,13H2,1-3H3. The van der Waals surface area contributed by atoms with Gasteiger partial charge in [0.1, 0.15) is 22.1 Å². The van der Waals surface area contributed by atoms with Crippen molar-refractivity contribution in [3.8, 4) is 17.2 Å². The minimum atomic E-state index is -1.72. The van der Waals surface area contributed by atoms with E-state index >= 15 is 0 Å². The van der Waals surface area contributed by atoms with Gasteiger partial charge >= 0.3 is 0 Å². The van der Waals surface area contributed by atoms with E-state index in [9.17, 15) is 14.7 Å². The Kier molecular flexibility index (Phi) is 6.36. The summed E-state index contributed by atoms with van der Waals surface area (Å²) in [7, 11) is 2.87. The van der Waals surface area contributed by atoms with Crippen LogP contribution >= 0.6 is 11.6 Å². The minimum absolute atomic E-state index is 0.0974. The molecule has 2 N–H and O–H groups in total. The first-order valence-electron chi connectivity index (χ1n) is 10.7. The van der Waals surface area contributed by atoms with Crippen LogP contribution in [0.1, 0.15) is 29.3 Å². The van der Waals surface area contributed by atoms with Gasteiger partial charge in [0.15, 0.2) is 5.75 Å². The number of hydrogen-bond acceptors (Lipinski definition) is 7. The number of allylic oxidation sites excluding steroid dienone is 1. The molecular formula is C25H26ClNO6. The third-order valence-corrected chi connectivity index (χ3v) is 6.60. The molecule has 7 nitrogen and oxygen atoms in total. The topological polar surface area (TPSA) is 94.1 Å². The number of rotatable bonds is 7. The van der Waals surface area contributed by atoms with Gasteiger partial charge in [-0.2, -0.15) is 0 Å². The lowest BCUT2D eigenvalue weighted by Gasteiger charge is -2.36. The van der Waals surface area contributed by atoms with E-state index in [4.69, 9.17) is 25.8 Å². The minimum Gasteiger partial charge on any atom is -0.496 e. The second-order valence-corrected chi connectivity index (χ2v) is 8.70. The van der Waals surface area contributed by atoms with Crippen molar-refractivity contribution in [2.24, 2.45) is 5.92 Å². The van der Waals surface area contributed by atoms with E-state index < -0.39 is 23.1 Å². The summed E-state index contributed by atoms with van der Waals surface area (Å²) in [6.45, 7) is 1.69. The van der Waals surface area contributed by atoms with Crippen molar-refractivity contribution in [1.29, 1.82) is 0 Å².